The Morgan fingerprint density at radius 2 is 2.13 bits per heavy atom. The Morgan fingerprint density at radius 3 is 2.78 bits per heavy atom. The van der Waals surface area contributed by atoms with Gasteiger partial charge in [-0.2, -0.15) is 0 Å². The summed E-state index contributed by atoms with van der Waals surface area (Å²) in [5.74, 6) is 1.72. The molecule has 2 heterocycles. The Labute approximate surface area is 137 Å². The normalized spacial score (nSPS) is 11.5. The van der Waals surface area contributed by atoms with Gasteiger partial charge in [-0.3, -0.25) is 9.98 Å². The molecule has 2 aromatic rings. The number of pyridine rings is 1. The maximum Gasteiger partial charge on any atom is 0.191 e. The maximum atomic E-state index is 5.38. The van der Waals surface area contributed by atoms with Gasteiger partial charge in [-0.1, -0.05) is 25.1 Å². The molecule has 0 radical (unpaired) electrons. The number of nitrogens with zero attached hydrogens (tertiary/aromatic N) is 3. The van der Waals surface area contributed by atoms with Gasteiger partial charge in [0.25, 0.3) is 0 Å². The third-order valence-electron chi connectivity index (χ3n) is 3.69. The van der Waals surface area contributed by atoms with Crippen LogP contribution < -0.4 is 10.6 Å². The van der Waals surface area contributed by atoms with Crippen molar-refractivity contribution in [3.05, 3.63) is 47.1 Å². The van der Waals surface area contributed by atoms with Crippen LogP contribution in [0.1, 0.15) is 36.4 Å². The standard InChI is InChI=1S/C17H25N5O/c1-4-15-14(16(5-2)23-22-15)12-21-17(18-3)20-10-8-13-7-6-9-19-11-13/h6-7,9,11H,4-5,8,10,12H2,1-3H3,(H2,18,20,21). The second-order valence-electron chi connectivity index (χ2n) is 5.20. The predicted molar refractivity (Wildman–Crippen MR) is 91.4 cm³/mol. The van der Waals surface area contributed by atoms with Crippen molar-refractivity contribution in [2.45, 2.75) is 39.7 Å². The molecule has 0 aromatic carbocycles. The van der Waals surface area contributed by atoms with E-state index in [9.17, 15) is 0 Å². The van der Waals surface area contributed by atoms with Crippen LogP contribution in [0.5, 0.6) is 0 Å². The molecule has 23 heavy (non-hydrogen) atoms. The molecule has 0 atom stereocenters. The molecular formula is C17H25N5O. The Bertz CT molecular complexity index is 600. The molecule has 124 valence electrons. The first-order valence-corrected chi connectivity index (χ1v) is 8.08. The van der Waals surface area contributed by atoms with Gasteiger partial charge in [0.05, 0.1) is 5.69 Å². The lowest BCUT2D eigenvalue weighted by Crippen LogP contribution is -2.38. The second-order valence-corrected chi connectivity index (χ2v) is 5.20. The lowest BCUT2D eigenvalue weighted by molar-refractivity contribution is 0.380. The van der Waals surface area contributed by atoms with Crippen molar-refractivity contribution in [3.63, 3.8) is 0 Å². The highest BCUT2D eigenvalue weighted by molar-refractivity contribution is 5.79. The van der Waals surface area contributed by atoms with E-state index in [1.165, 1.54) is 5.56 Å². The largest absolute Gasteiger partial charge is 0.361 e. The molecule has 0 bridgehead atoms. The predicted octanol–water partition coefficient (Wildman–Crippen LogP) is 2.10. The minimum atomic E-state index is 0.669. The molecule has 0 fully saturated rings. The van der Waals surface area contributed by atoms with Crippen LogP contribution in [0, 0.1) is 0 Å². The van der Waals surface area contributed by atoms with E-state index < -0.39 is 0 Å². The van der Waals surface area contributed by atoms with Gasteiger partial charge in [-0.25, -0.2) is 0 Å². The average Bonchev–Trinajstić information content (AvgIpc) is 3.00. The number of hydrogen-bond donors (Lipinski definition) is 2. The van der Waals surface area contributed by atoms with Crippen molar-refractivity contribution in [2.75, 3.05) is 13.6 Å². The van der Waals surface area contributed by atoms with Crippen LogP contribution >= 0.6 is 0 Å². The van der Waals surface area contributed by atoms with E-state index in [0.717, 1.165) is 48.8 Å². The number of rotatable bonds is 7. The summed E-state index contributed by atoms with van der Waals surface area (Å²) < 4.78 is 5.38. The zero-order chi connectivity index (χ0) is 16.5. The van der Waals surface area contributed by atoms with Crippen LogP contribution in [0.2, 0.25) is 0 Å². The molecule has 6 heteroatoms. The molecule has 0 amide bonds. The molecule has 2 rings (SSSR count). The highest BCUT2D eigenvalue weighted by atomic mass is 16.5. The Morgan fingerprint density at radius 1 is 1.26 bits per heavy atom. The van der Waals surface area contributed by atoms with Crippen molar-refractivity contribution in [1.29, 1.82) is 0 Å². The molecular weight excluding hydrogens is 290 g/mol. The summed E-state index contributed by atoms with van der Waals surface area (Å²) in [6.45, 7) is 5.63. The molecule has 0 unspecified atom stereocenters. The molecule has 0 aliphatic rings. The van der Waals surface area contributed by atoms with Gasteiger partial charge < -0.3 is 15.2 Å². The lowest BCUT2D eigenvalue weighted by atomic mass is 10.1. The van der Waals surface area contributed by atoms with Crippen LogP contribution in [-0.4, -0.2) is 29.7 Å². The van der Waals surface area contributed by atoms with Gasteiger partial charge in [-0.05, 0) is 24.5 Å². The summed E-state index contributed by atoms with van der Waals surface area (Å²) in [6.07, 6.45) is 6.29. The molecule has 2 aromatic heterocycles. The molecule has 0 saturated heterocycles. The van der Waals surface area contributed by atoms with Crippen molar-refractivity contribution >= 4 is 5.96 Å². The minimum absolute atomic E-state index is 0.669. The summed E-state index contributed by atoms with van der Waals surface area (Å²) in [5, 5.41) is 10.8. The van der Waals surface area contributed by atoms with E-state index in [1.54, 1.807) is 13.2 Å². The van der Waals surface area contributed by atoms with Crippen LogP contribution in [0.15, 0.2) is 34.0 Å². The number of aromatic nitrogens is 2. The lowest BCUT2D eigenvalue weighted by Gasteiger charge is -2.12. The number of aliphatic imine (C=N–C) groups is 1. The summed E-state index contributed by atoms with van der Waals surface area (Å²) in [5.41, 5.74) is 3.36. The van der Waals surface area contributed by atoms with E-state index in [0.29, 0.717) is 6.54 Å². The van der Waals surface area contributed by atoms with Crippen molar-refractivity contribution in [1.82, 2.24) is 20.8 Å². The molecule has 2 N–H and O–H groups in total. The van der Waals surface area contributed by atoms with Crippen LogP contribution in [-0.2, 0) is 25.8 Å². The van der Waals surface area contributed by atoms with Gasteiger partial charge in [-0.15, -0.1) is 0 Å². The highest BCUT2D eigenvalue weighted by Crippen LogP contribution is 2.15. The monoisotopic (exact) mass is 315 g/mol. The molecule has 0 saturated carbocycles. The smallest absolute Gasteiger partial charge is 0.191 e. The fourth-order valence-corrected chi connectivity index (χ4v) is 2.40. The highest BCUT2D eigenvalue weighted by Gasteiger charge is 2.13. The fourth-order valence-electron chi connectivity index (χ4n) is 2.40. The topological polar surface area (TPSA) is 75.3 Å². The summed E-state index contributed by atoms with van der Waals surface area (Å²) in [7, 11) is 1.77. The zero-order valence-electron chi connectivity index (χ0n) is 14.1. The Balaban J connectivity index is 1.85. The van der Waals surface area contributed by atoms with Gasteiger partial charge >= 0.3 is 0 Å². The average molecular weight is 315 g/mol. The van der Waals surface area contributed by atoms with Gasteiger partial charge in [0.1, 0.15) is 5.76 Å². The van der Waals surface area contributed by atoms with E-state index in [1.807, 2.05) is 12.3 Å². The molecule has 0 aliphatic carbocycles. The van der Waals surface area contributed by atoms with Crippen molar-refractivity contribution in [2.24, 2.45) is 4.99 Å². The number of nitrogens with one attached hydrogen (secondary N) is 2. The van der Waals surface area contributed by atoms with E-state index in [-0.39, 0.29) is 0 Å². The summed E-state index contributed by atoms with van der Waals surface area (Å²) in [4.78, 5) is 8.38. The number of guanidine groups is 1. The van der Waals surface area contributed by atoms with E-state index >= 15 is 0 Å². The third kappa shape index (κ3) is 4.81. The van der Waals surface area contributed by atoms with E-state index in [2.05, 4.69) is 45.7 Å². The van der Waals surface area contributed by atoms with Crippen LogP contribution in [0.25, 0.3) is 0 Å². The fraction of sp³-hybridized carbons (Fsp3) is 0.471. The maximum absolute atomic E-state index is 5.38. The molecule has 0 aliphatic heterocycles. The van der Waals surface area contributed by atoms with Gasteiger partial charge in [0.15, 0.2) is 5.96 Å². The van der Waals surface area contributed by atoms with Gasteiger partial charge in [0, 0.05) is 44.5 Å². The SMILES string of the molecule is CCc1noc(CC)c1CNC(=NC)NCCc1cccnc1. The van der Waals surface area contributed by atoms with E-state index in [4.69, 9.17) is 4.52 Å². The first kappa shape index (κ1) is 17.0. The molecule has 0 spiro atoms. The summed E-state index contributed by atoms with van der Waals surface area (Å²) >= 11 is 0. The zero-order valence-corrected chi connectivity index (χ0v) is 14.1. The number of aryl methyl sites for hydroxylation is 2. The summed E-state index contributed by atoms with van der Waals surface area (Å²) in [6, 6.07) is 4.02. The minimum Gasteiger partial charge on any atom is -0.361 e. The van der Waals surface area contributed by atoms with Gasteiger partial charge in [0.2, 0.25) is 0 Å². The molecule has 6 nitrogen and oxygen atoms in total. The van der Waals surface area contributed by atoms with Crippen LogP contribution in [0.3, 0.4) is 0 Å². The van der Waals surface area contributed by atoms with Crippen molar-refractivity contribution < 1.29 is 4.52 Å². The first-order valence-electron chi connectivity index (χ1n) is 8.08. The third-order valence-corrected chi connectivity index (χ3v) is 3.69. The quantitative estimate of drug-likeness (QED) is 0.604. The Kier molecular flexibility index (Phi) is 6.59. The first-order chi connectivity index (χ1) is 11.3. The van der Waals surface area contributed by atoms with Crippen molar-refractivity contribution in [3.8, 4) is 0 Å². The number of hydrogen-bond acceptors (Lipinski definition) is 4. The second kappa shape index (κ2) is 8.92. The Hall–Kier alpha value is -2.37. The van der Waals surface area contributed by atoms with Crippen LogP contribution in [0.4, 0.5) is 0 Å².